The van der Waals surface area contributed by atoms with Gasteiger partial charge in [0.15, 0.2) is 0 Å². The third-order valence-electron chi connectivity index (χ3n) is 5.18. The molecule has 3 aromatic rings. The number of rotatable bonds is 9. The van der Waals surface area contributed by atoms with Crippen molar-refractivity contribution in [3.8, 4) is 0 Å². The Morgan fingerprint density at radius 2 is 1.58 bits per heavy atom. The Morgan fingerprint density at radius 3 is 2.30 bits per heavy atom. The fourth-order valence-corrected chi connectivity index (χ4v) is 3.19. The first-order chi connectivity index (χ1) is 15.9. The van der Waals surface area contributed by atoms with Gasteiger partial charge in [0, 0.05) is 17.7 Å². The highest BCUT2D eigenvalue weighted by Gasteiger charge is 2.12. The predicted octanol–water partition coefficient (Wildman–Crippen LogP) is 4.46. The zero-order valence-corrected chi connectivity index (χ0v) is 18.9. The van der Waals surface area contributed by atoms with Crippen LogP contribution in [0.15, 0.2) is 72.8 Å². The number of hydrogen-bond donors (Lipinski definition) is 2. The van der Waals surface area contributed by atoms with E-state index in [0.29, 0.717) is 29.7 Å². The van der Waals surface area contributed by atoms with Gasteiger partial charge in [0.05, 0.1) is 12.1 Å². The third kappa shape index (κ3) is 7.31. The van der Waals surface area contributed by atoms with E-state index in [1.54, 1.807) is 42.5 Å². The maximum Gasteiger partial charge on any atom is 0.338 e. The largest absolute Gasteiger partial charge is 0.460 e. The molecule has 0 aromatic heterocycles. The van der Waals surface area contributed by atoms with Crippen molar-refractivity contribution in [2.24, 2.45) is 0 Å². The van der Waals surface area contributed by atoms with E-state index in [2.05, 4.69) is 10.6 Å². The van der Waals surface area contributed by atoms with Crippen molar-refractivity contribution in [2.75, 3.05) is 18.5 Å². The summed E-state index contributed by atoms with van der Waals surface area (Å²) in [7, 11) is 0. The van der Waals surface area contributed by atoms with Crippen LogP contribution in [-0.4, -0.2) is 30.9 Å². The van der Waals surface area contributed by atoms with E-state index in [1.165, 1.54) is 5.56 Å². The zero-order valence-electron chi connectivity index (χ0n) is 18.9. The molecular formula is C27H28N2O4. The van der Waals surface area contributed by atoms with Crippen LogP contribution in [0.3, 0.4) is 0 Å². The van der Waals surface area contributed by atoms with Crippen LogP contribution in [0, 0.1) is 13.8 Å². The van der Waals surface area contributed by atoms with Gasteiger partial charge in [0.2, 0.25) is 5.91 Å². The molecule has 0 unspecified atom stereocenters. The molecule has 3 aromatic carbocycles. The number of carbonyl (C=O) groups excluding carboxylic acids is 3. The second-order valence-electron chi connectivity index (χ2n) is 7.82. The summed E-state index contributed by atoms with van der Waals surface area (Å²) in [5, 5.41) is 5.59. The van der Waals surface area contributed by atoms with Gasteiger partial charge in [-0.05, 0) is 55.7 Å². The van der Waals surface area contributed by atoms with Crippen LogP contribution < -0.4 is 10.6 Å². The Hall–Kier alpha value is -3.93. The topological polar surface area (TPSA) is 84.5 Å². The summed E-state index contributed by atoms with van der Waals surface area (Å²) in [5.41, 5.74) is 4.53. The van der Waals surface area contributed by atoms with Gasteiger partial charge >= 0.3 is 5.97 Å². The first-order valence-corrected chi connectivity index (χ1v) is 10.9. The van der Waals surface area contributed by atoms with Gasteiger partial charge in [-0.1, -0.05) is 54.1 Å². The summed E-state index contributed by atoms with van der Waals surface area (Å²) in [6.45, 7) is 4.18. The van der Waals surface area contributed by atoms with Gasteiger partial charge in [0.1, 0.15) is 6.61 Å². The smallest absolute Gasteiger partial charge is 0.338 e. The summed E-state index contributed by atoms with van der Waals surface area (Å²) in [4.78, 5) is 36.8. The molecule has 3 rings (SSSR count). The van der Waals surface area contributed by atoms with Gasteiger partial charge in [-0.3, -0.25) is 9.59 Å². The van der Waals surface area contributed by atoms with Crippen LogP contribution in [0.5, 0.6) is 0 Å². The molecule has 0 aliphatic heterocycles. The molecule has 0 heterocycles. The van der Waals surface area contributed by atoms with Crippen LogP contribution in [0.25, 0.3) is 0 Å². The third-order valence-corrected chi connectivity index (χ3v) is 5.18. The Bertz CT molecular complexity index is 1110. The highest BCUT2D eigenvalue weighted by Crippen LogP contribution is 2.19. The van der Waals surface area contributed by atoms with Crippen LogP contribution >= 0.6 is 0 Å². The Kier molecular flexibility index (Phi) is 8.36. The van der Waals surface area contributed by atoms with Crippen LogP contribution in [-0.2, 0) is 16.0 Å². The second kappa shape index (κ2) is 11.6. The van der Waals surface area contributed by atoms with E-state index in [0.717, 1.165) is 11.1 Å². The number of ether oxygens (including phenoxy) is 1. The zero-order chi connectivity index (χ0) is 23.6. The number of carbonyl (C=O) groups is 3. The molecule has 0 atom stereocenters. The van der Waals surface area contributed by atoms with Crippen LogP contribution in [0.1, 0.15) is 43.8 Å². The molecule has 0 fully saturated rings. The van der Waals surface area contributed by atoms with Gasteiger partial charge < -0.3 is 15.4 Å². The minimum atomic E-state index is -0.515. The summed E-state index contributed by atoms with van der Waals surface area (Å²) < 4.78 is 5.27. The molecule has 2 N–H and O–H groups in total. The van der Waals surface area contributed by atoms with Gasteiger partial charge in [-0.2, -0.15) is 0 Å². The van der Waals surface area contributed by atoms with Gasteiger partial charge in [-0.15, -0.1) is 0 Å². The highest BCUT2D eigenvalue weighted by molar-refractivity contribution is 6.05. The molecule has 2 amide bonds. The molecule has 0 spiro atoms. The average molecular weight is 445 g/mol. The van der Waals surface area contributed by atoms with E-state index in [9.17, 15) is 14.4 Å². The molecule has 0 saturated heterocycles. The monoisotopic (exact) mass is 444 g/mol. The van der Waals surface area contributed by atoms with Gasteiger partial charge in [0.25, 0.3) is 5.91 Å². The standard InChI is InChI=1S/C27H28N2O4/c1-19-8-11-21(12-9-19)13-15-25(30)28-16-17-33-27(32)23-14-10-20(2)24(18-23)29-26(31)22-6-4-3-5-7-22/h3-12,14,18H,13,15-17H2,1-2H3,(H,28,30)(H,29,31). The van der Waals surface area contributed by atoms with Crippen molar-refractivity contribution in [1.29, 1.82) is 0 Å². The van der Waals surface area contributed by atoms with Crippen LogP contribution in [0.2, 0.25) is 0 Å². The predicted molar refractivity (Wildman–Crippen MR) is 128 cm³/mol. The number of esters is 1. The summed E-state index contributed by atoms with van der Waals surface area (Å²) in [5.74, 6) is -0.857. The first-order valence-electron chi connectivity index (χ1n) is 10.9. The Labute approximate surface area is 194 Å². The lowest BCUT2D eigenvalue weighted by Crippen LogP contribution is -2.28. The van der Waals surface area contributed by atoms with Crippen molar-refractivity contribution < 1.29 is 19.1 Å². The Morgan fingerprint density at radius 1 is 0.848 bits per heavy atom. The number of nitrogens with one attached hydrogen (secondary N) is 2. The molecule has 0 bridgehead atoms. The SMILES string of the molecule is Cc1ccc(CCC(=O)NCCOC(=O)c2ccc(C)c(NC(=O)c3ccccc3)c2)cc1. The average Bonchev–Trinajstić information content (AvgIpc) is 2.83. The van der Waals surface area contributed by atoms with Crippen molar-refractivity contribution in [3.63, 3.8) is 0 Å². The second-order valence-corrected chi connectivity index (χ2v) is 7.82. The minimum Gasteiger partial charge on any atom is -0.460 e. The summed E-state index contributed by atoms with van der Waals surface area (Å²) in [6, 6.07) is 21.9. The number of aryl methyl sites for hydroxylation is 3. The lowest BCUT2D eigenvalue weighted by atomic mass is 10.1. The van der Waals surface area contributed by atoms with E-state index in [4.69, 9.17) is 4.74 Å². The minimum absolute atomic E-state index is 0.0642. The maximum absolute atomic E-state index is 12.4. The number of amides is 2. The first kappa shape index (κ1) is 23.7. The summed E-state index contributed by atoms with van der Waals surface area (Å²) in [6.07, 6.45) is 1.03. The fourth-order valence-electron chi connectivity index (χ4n) is 3.19. The molecule has 0 saturated carbocycles. The van der Waals surface area contributed by atoms with Gasteiger partial charge in [-0.25, -0.2) is 4.79 Å². The molecule has 0 aliphatic rings. The van der Waals surface area contributed by atoms with E-state index in [-0.39, 0.29) is 25.0 Å². The molecular weight excluding hydrogens is 416 g/mol. The van der Waals surface area contributed by atoms with E-state index in [1.807, 2.05) is 44.2 Å². The highest BCUT2D eigenvalue weighted by atomic mass is 16.5. The van der Waals surface area contributed by atoms with Crippen LogP contribution in [0.4, 0.5) is 5.69 Å². The number of anilines is 1. The Balaban J connectivity index is 1.44. The van der Waals surface area contributed by atoms with Crippen molar-refractivity contribution >= 4 is 23.5 Å². The molecule has 6 heteroatoms. The molecule has 0 radical (unpaired) electrons. The molecule has 0 aliphatic carbocycles. The maximum atomic E-state index is 12.4. The van der Waals surface area contributed by atoms with Crippen molar-refractivity contribution in [3.05, 3.63) is 101 Å². The fraction of sp³-hybridized carbons (Fsp3) is 0.222. The van der Waals surface area contributed by atoms with Crippen molar-refractivity contribution in [2.45, 2.75) is 26.7 Å². The number of hydrogen-bond acceptors (Lipinski definition) is 4. The lowest BCUT2D eigenvalue weighted by Gasteiger charge is -2.11. The lowest BCUT2D eigenvalue weighted by molar-refractivity contribution is -0.121. The van der Waals surface area contributed by atoms with E-state index >= 15 is 0 Å². The van der Waals surface area contributed by atoms with Crippen molar-refractivity contribution in [1.82, 2.24) is 5.32 Å². The molecule has 6 nitrogen and oxygen atoms in total. The summed E-state index contributed by atoms with van der Waals surface area (Å²) >= 11 is 0. The molecule has 33 heavy (non-hydrogen) atoms. The quantitative estimate of drug-likeness (QED) is 0.377. The molecule has 170 valence electrons. The number of benzene rings is 3. The van der Waals surface area contributed by atoms with E-state index < -0.39 is 5.97 Å². The normalized spacial score (nSPS) is 10.4.